The van der Waals surface area contributed by atoms with Crippen molar-refractivity contribution in [2.45, 2.75) is 62.7 Å². The van der Waals surface area contributed by atoms with Crippen LogP contribution in [-0.2, 0) is 37.6 Å². The monoisotopic (exact) mass is 579 g/mol. The summed E-state index contributed by atoms with van der Waals surface area (Å²) in [5.74, 6) is -0.859. The molecule has 10 nitrogen and oxygen atoms in total. The molecule has 4 aliphatic rings. The first kappa shape index (κ1) is 27.9. The summed E-state index contributed by atoms with van der Waals surface area (Å²) >= 11 is 0. The second-order valence-electron chi connectivity index (χ2n) is 12.2. The van der Waals surface area contributed by atoms with Crippen LogP contribution in [0.3, 0.4) is 0 Å². The lowest BCUT2D eigenvalue weighted by molar-refractivity contribution is -0.150. The zero-order chi connectivity index (χ0) is 29.3. The number of cyclic esters (lactones) is 1. The van der Waals surface area contributed by atoms with Gasteiger partial charge in [0.2, 0.25) is 5.91 Å². The summed E-state index contributed by atoms with van der Waals surface area (Å²) in [5.41, 5.74) is 2.26. The predicted molar refractivity (Wildman–Crippen MR) is 154 cm³/mol. The van der Waals surface area contributed by atoms with E-state index in [0.717, 1.165) is 11.1 Å². The summed E-state index contributed by atoms with van der Waals surface area (Å²) in [7, 11) is -1.27. The number of aliphatic hydroxyl groups excluding tert-OH is 1. The van der Waals surface area contributed by atoms with Crippen LogP contribution >= 0.6 is 0 Å². The molecule has 2 aromatic rings. The first-order valence-corrected chi connectivity index (χ1v) is 17.2. The molecular weight excluding hydrogens is 542 g/mol. The van der Waals surface area contributed by atoms with Crippen LogP contribution in [0.1, 0.15) is 30.0 Å². The fraction of sp³-hybridized carbons (Fsp3) is 0.500. The topological polar surface area (TPSA) is 120 Å². The van der Waals surface area contributed by atoms with Crippen molar-refractivity contribution in [2.24, 2.45) is 5.92 Å². The Morgan fingerprint density at radius 3 is 2.54 bits per heavy atom. The third-order valence-electron chi connectivity index (χ3n) is 9.43. The fourth-order valence-electron chi connectivity index (χ4n) is 7.50. The molecule has 0 saturated carbocycles. The van der Waals surface area contributed by atoms with Crippen LogP contribution in [0.5, 0.6) is 0 Å². The van der Waals surface area contributed by atoms with Crippen molar-refractivity contribution in [3.05, 3.63) is 59.2 Å². The quantitative estimate of drug-likeness (QED) is 0.523. The normalized spacial score (nSPS) is 29.3. The largest absolute Gasteiger partial charge is 0.447 e. The zero-order valence-electron chi connectivity index (χ0n) is 23.9. The third kappa shape index (κ3) is 4.29. The Bertz CT molecular complexity index is 1410. The molecular formula is C30H37N3O7Si. The summed E-state index contributed by atoms with van der Waals surface area (Å²) < 4.78 is 11.9. The van der Waals surface area contributed by atoms with Gasteiger partial charge in [0.05, 0.1) is 37.4 Å². The van der Waals surface area contributed by atoms with Crippen molar-refractivity contribution in [1.82, 2.24) is 4.90 Å². The number of aliphatic hydroxyl groups is 1. The minimum atomic E-state index is -2.97. The maximum absolute atomic E-state index is 14.0. The van der Waals surface area contributed by atoms with E-state index in [-0.39, 0.29) is 30.9 Å². The van der Waals surface area contributed by atoms with Crippen LogP contribution < -0.4 is 9.80 Å². The SMILES string of the molecule is C[C@@H]1[C@@H]([Si](C)(C)O)[C@H](CC(=O)N2Cc3ccccc3C[C@H]2CO)O[C@@]12C(=O)N(C)c1ccc(N3CCOC3=O)cc12. The second-order valence-corrected chi connectivity index (χ2v) is 16.2. The van der Waals surface area contributed by atoms with Gasteiger partial charge in [0.25, 0.3) is 5.91 Å². The summed E-state index contributed by atoms with van der Waals surface area (Å²) in [6.07, 6.45) is -0.600. The number of benzene rings is 2. The van der Waals surface area contributed by atoms with Gasteiger partial charge in [0.15, 0.2) is 13.9 Å². The Labute approximate surface area is 240 Å². The average molecular weight is 580 g/mol. The molecule has 0 aliphatic carbocycles. The summed E-state index contributed by atoms with van der Waals surface area (Å²) in [6.45, 7) is 6.49. The van der Waals surface area contributed by atoms with Crippen molar-refractivity contribution in [1.29, 1.82) is 0 Å². The van der Waals surface area contributed by atoms with E-state index in [1.54, 1.807) is 22.9 Å². The highest BCUT2D eigenvalue weighted by molar-refractivity contribution is 6.71. The number of anilines is 2. The lowest BCUT2D eigenvalue weighted by Crippen LogP contribution is -2.48. The maximum atomic E-state index is 14.0. The van der Waals surface area contributed by atoms with Crippen LogP contribution in [-0.4, -0.2) is 80.0 Å². The molecule has 0 bridgehead atoms. The molecule has 1 spiro atoms. The van der Waals surface area contributed by atoms with E-state index in [1.807, 2.05) is 56.4 Å². The summed E-state index contributed by atoms with van der Waals surface area (Å²) in [5, 5.41) is 10.1. The van der Waals surface area contributed by atoms with Gasteiger partial charge >= 0.3 is 6.09 Å². The van der Waals surface area contributed by atoms with Gasteiger partial charge < -0.3 is 29.2 Å². The molecule has 2 fully saturated rings. The lowest BCUT2D eigenvalue weighted by Gasteiger charge is -2.37. The van der Waals surface area contributed by atoms with E-state index in [4.69, 9.17) is 9.47 Å². The summed E-state index contributed by atoms with van der Waals surface area (Å²) in [6, 6.07) is 13.0. The maximum Gasteiger partial charge on any atom is 0.414 e. The molecule has 6 rings (SSSR count). The molecule has 0 aromatic heterocycles. The number of rotatable bonds is 5. The van der Waals surface area contributed by atoms with Gasteiger partial charge in [0, 0.05) is 36.3 Å². The van der Waals surface area contributed by atoms with Crippen molar-refractivity contribution < 1.29 is 33.8 Å². The molecule has 2 saturated heterocycles. The molecule has 2 N–H and O–H groups in total. The Hall–Kier alpha value is -3.25. The molecule has 0 unspecified atom stereocenters. The van der Waals surface area contributed by atoms with Gasteiger partial charge in [-0.3, -0.25) is 14.5 Å². The molecule has 41 heavy (non-hydrogen) atoms. The number of carbonyl (C=O) groups excluding carboxylic acids is 3. The number of carbonyl (C=O) groups is 3. The number of likely N-dealkylation sites (N-methyl/N-ethyl adjacent to an activating group) is 1. The van der Waals surface area contributed by atoms with Crippen molar-refractivity contribution >= 4 is 37.6 Å². The highest BCUT2D eigenvalue weighted by atomic mass is 28.4. The van der Waals surface area contributed by atoms with Crippen LogP contribution in [0.15, 0.2) is 42.5 Å². The molecule has 0 radical (unpaired) electrons. The highest BCUT2D eigenvalue weighted by Crippen LogP contribution is 2.60. The first-order valence-electron chi connectivity index (χ1n) is 14.2. The van der Waals surface area contributed by atoms with E-state index in [9.17, 15) is 24.3 Å². The Balaban J connectivity index is 1.36. The predicted octanol–water partition coefficient (Wildman–Crippen LogP) is 2.75. The molecule has 218 valence electrons. The van der Waals surface area contributed by atoms with E-state index in [1.165, 1.54) is 4.90 Å². The van der Waals surface area contributed by atoms with Crippen LogP contribution in [0, 0.1) is 5.92 Å². The Morgan fingerprint density at radius 2 is 1.88 bits per heavy atom. The third-order valence-corrected chi connectivity index (χ3v) is 11.9. The number of fused-ring (bicyclic) bond motifs is 3. The number of hydrogen-bond donors (Lipinski definition) is 2. The lowest BCUT2D eigenvalue weighted by atomic mass is 9.82. The molecule has 4 heterocycles. The smallest absolute Gasteiger partial charge is 0.414 e. The van der Waals surface area contributed by atoms with Gasteiger partial charge in [-0.25, -0.2) is 4.79 Å². The van der Waals surface area contributed by atoms with E-state index in [2.05, 4.69) is 0 Å². The minimum Gasteiger partial charge on any atom is -0.447 e. The molecule has 2 aromatic carbocycles. The molecule has 3 amide bonds. The Kier molecular flexibility index (Phi) is 6.76. The van der Waals surface area contributed by atoms with Crippen molar-refractivity contribution in [3.8, 4) is 0 Å². The second kappa shape index (κ2) is 9.94. The van der Waals surface area contributed by atoms with E-state index >= 15 is 0 Å². The average Bonchev–Trinajstić information content (AvgIpc) is 3.57. The standard InChI is InChI=1S/C30H37N3O7Si/c1-18-27(41(3,4)38)25(15-26(35)33-16-20-8-6-5-7-19(20)13-22(33)17-34)40-30(18)23-14-21(32-11-12-39-29(32)37)9-10-24(23)31(2)28(30)36/h5-10,14,18,22,25,27,34,38H,11-13,15-17H2,1-4H3/t18-,22+,25+,27-,30+/m1/s1. The highest BCUT2D eigenvalue weighted by Gasteiger charge is 2.66. The number of amides is 3. The molecule has 5 atom stereocenters. The van der Waals surface area contributed by atoms with E-state index in [0.29, 0.717) is 43.1 Å². The Morgan fingerprint density at radius 1 is 1.15 bits per heavy atom. The van der Waals surface area contributed by atoms with Gasteiger partial charge in [0.1, 0.15) is 6.61 Å². The number of ether oxygens (including phenoxy) is 2. The van der Waals surface area contributed by atoms with E-state index < -0.39 is 37.6 Å². The zero-order valence-corrected chi connectivity index (χ0v) is 24.9. The fourth-order valence-corrected chi connectivity index (χ4v) is 10.1. The van der Waals surface area contributed by atoms with Crippen molar-refractivity contribution in [3.63, 3.8) is 0 Å². The molecule has 4 aliphatic heterocycles. The van der Waals surface area contributed by atoms with Gasteiger partial charge in [-0.1, -0.05) is 31.2 Å². The number of hydrogen-bond acceptors (Lipinski definition) is 7. The van der Waals surface area contributed by atoms with Crippen LogP contribution in [0.25, 0.3) is 0 Å². The molecule has 11 heteroatoms. The van der Waals surface area contributed by atoms with Gasteiger partial charge in [-0.2, -0.15) is 0 Å². The van der Waals surface area contributed by atoms with Gasteiger partial charge in [-0.05, 0) is 48.8 Å². The van der Waals surface area contributed by atoms with Crippen LogP contribution in [0.2, 0.25) is 18.6 Å². The van der Waals surface area contributed by atoms with Gasteiger partial charge in [-0.15, -0.1) is 0 Å². The number of nitrogens with zero attached hydrogens (tertiary/aromatic N) is 3. The van der Waals surface area contributed by atoms with Crippen molar-refractivity contribution in [2.75, 3.05) is 36.6 Å². The minimum absolute atomic E-state index is 0.0170. The summed E-state index contributed by atoms with van der Waals surface area (Å²) in [4.78, 5) is 56.6. The first-order chi connectivity index (χ1) is 19.5. The van der Waals surface area contributed by atoms with Crippen LogP contribution in [0.4, 0.5) is 16.2 Å².